The molecule has 1 aromatic rings. The number of aromatic nitrogens is 1. The molecule has 1 aromatic heterocycles. The minimum absolute atomic E-state index is 0.303. The fourth-order valence-electron chi connectivity index (χ4n) is 1.86. The molecule has 0 aliphatic carbocycles. The molecule has 0 spiro atoms. The number of rotatable bonds is 3. The number of nitrogens with zero attached hydrogens (tertiary/aromatic N) is 2. The molecule has 2 rings (SSSR count). The lowest BCUT2D eigenvalue weighted by molar-refractivity contribution is -0.132. The van der Waals surface area contributed by atoms with Gasteiger partial charge in [0.15, 0.2) is 0 Å². The monoisotopic (exact) mass is 248 g/mol. The molecular weight excluding hydrogens is 232 g/mol. The molecule has 1 aliphatic rings. The third kappa shape index (κ3) is 2.87. The average Bonchev–Trinajstić information content (AvgIpc) is 2.40. The molecule has 0 saturated carbocycles. The molecule has 18 heavy (non-hydrogen) atoms. The normalized spacial score (nSPS) is 16.7. The maximum Gasteiger partial charge on any atom is 0.331 e. The Kier molecular flexibility index (Phi) is 3.94. The Morgan fingerprint density at radius 2 is 2.22 bits per heavy atom. The Hall–Kier alpha value is -1.88. The molecule has 5 heteroatoms. The molecule has 5 nitrogen and oxygen atoms in total. The molecule has 1 fully saturated rings. The predicted molar refractivity (Wildman–Crippen MR) is 68.6 cm³/mol. The number of hydrogen-bond donors (Lipinski definition) is 1. The summed E-state index contributed by atoms with van der Waals surface area (Å²) in [5.74, 6) is -0.0896. The van der Waals surface area contributed by atoms with E-state index < -0.39 is 5.97 Å². The van der Waals surface area contributed by atoms with Crippen LogP contribution in [0.15, 0.2) is 23.9 Å². The molecular formula is C13H16N2O3. The molecule has 0 unspecified atom stereocenters. The maximum absolute atomic E-state index is 10.9. The number of carboxylic acids is 1. The van der Waals surface area contributed by atoms with Crippen molar-refractivity contribution in [3.05, 3.63) is 29.5 Å². The Morgan fingerprint density at radius 1 is 1.50 bits per heavy atom. The van der Waals surface area contributed by atoms with E-state index in [1.54, 1.807) is 19.2 Å². The van der Waals surface area contributed by atoms with Crippen molar-refractivity contribution in [1.29, 1.82) is 0 Å². The van der Waals surface area contributed by atoms with Crippen LogP contribution in [0, 0.1) is 0 Å². The molecule has 1 aliphatic heterocycles. The van der Waals surface area contributed by atoms with Crippen LogP contribution < -0.4 is 4.90 Å². The van der Waals surface area contributed by atoms with E-state index in [1.807, 2.05) is 12.1 Å². The van der Waals surface area contributed by atoms with Gasteiger partial charge in [0.25, 0.3) is 0 Å². The fraction of sp³-hybridized carbons (Fsp3) is 0.385. The van der Waals surface area contributed by atoms with Gasteiger partial charge in [0.2, 0.25) is 0 Å². The summed E-state index contributed by atoms with van der Waals surface area (Å²) in [5.41, 5.74) is 1.14. The summed E-state index contributed by atoms with van der Waals surface area (Å²) in [6, 6.07) is 3.69. The second-order valence-corrected chi connectivity index (χ2v) is 4.15. The molecule has 1 N–H and O–H groups in total. The van der Waals surface area contributed by atoms with Gasteiger partial charge in [-0.1, -0.05) is 0 Å². The van der Waals surface area contributed by atoms with Crippen molar-refractivity contribution >= 4 is 17.9 Å². The van der Waals surface area contributed by atoms with Crippen molar-refractivity contribution in [3.63, 3.8) is 0 Å². The molecule has 0 atom stereocenters. The van der Waals surface area contributed by atoms with Crippen molar-refractivity contribution in [2.24, 2.45) is 0 Å². The van der Waals surface area contributed by atoms with Gasteiger partial charge in [-0.2, -0.15) is 0 Å². The molecule has 2 heterocycles. The van der Waals surface area contributed by atoms with E-state index in [0.717, 1.165) is 24.5 Å². The SMILES string of the molecule is C/C(=C\c1cccnc1N1CCOCC1)C(=O)O. The van der Waals surface area contributed by atoms with Gasteiger partial charge in [-0.25, -0.2) is 9.78 Å². The van der Waals surface area contributed by atoms with E-state index in [0.29, 0.717) is 18.8 Å². The Balaban J connectivity index is 2.30. The third-order valence-corrected chi connectivity index (χ3v) is 2.84. The van der Waals surface area contributed by atoms with Crippen LogP contribution in [0.25, 0.3) is 6.08 Å². The minimum Gasteiger partial charge on any atom is -0.478 e. The summed E-state index contributed by atoms with van der Waals surface area (Å²) in [4.78, 5) is 17.3. The molecule has 1 saturated heterocycles. The Labute approximate surface area is 106 Å². The van der Waals surface area contributed by atoms with Gasteiger partial charge in [-0.05, 0) is 25.1 Å². The van der Waals surface area contributed by atoms with Crippen LogP contribution >= 0.6 is 0 Å². The van der Waals surface area contributed by atoms with Crippen molar-refractivity contribution in [1.82, 2.24) is 4.98 Å². The van der Waals surface area contributed by atoms with Gasteiger partial charge in [-0.3, -0.25) is 0 Å². The first-order valence-electron chi connectivity index (χ1n) is 5.88. The molecule has 96 valence electrons. The zero-order chi connectivity index (χ0) is 13.0. The number of pyridine rings is 1. The van der Waals surface area contributed by atoms with Gasteiger partial charge in [0.1, 0.15) is 5.82 Å². The number of anilines is 1. The summed E-state index contributed by atoms with van der Waals surface area (Å²) in [6.07, 6.45) is 3.37. The van der Waals surface area contributed by atoms with Crippen molar-refractivity contribution in [2.45, 2.75) is 6.92 Å². The number of morpholine rings is 1. The molecule has 0 radical (unpaired) electrons. The topological polar surface area (TPSA) is 62.7 Å². The summed E-state index contributed by atoms with van der Waals surface area (Å²) in [5, 5.41) is 8.92. The number of carboxylic acid groups (broad SMARTS) is 1. The van der Waals surface area contributed by atoms with Gasteiger partial charge >= 0.3 is 5.97 Å². The Bertz CT molecular complexity index is 465. The highest BCUT2D eigenvalue weighted by atomic mass is 16.5. The van der Waals surface area contributed by atoms with Crippen LogP contribution in [0.3, 0.4) is 0 Å². The Morgan fingerprint density at radius 3 is 2.89 bits per heavy atom. The van der Waals surface area contributed by atoms with E-state index >= 15 is 0 Å². The lowest BCUT2D eigenvalue weighted by Crippen LogP contribution is -2.37. The molecule has 0 bridgehead atoms. The number of hydrogen-bond acceptors (Lipinski definition) is 4. The summed E-state index contributed by atoms with van der Waals surface area (Å²) in [6.45, 7) is 4.50. The quantitative estimate of drug-likeness (QED) is 0.819. The minimum atomic E-state index is -0.910. The first kappa shape index (κ1) is 12.6. The standard InChI is InChI=1S/C13H16N2O3/c1-10(13(16)17)9-11-3-2-4-14-12(11)15-5-7-18-8-6-15/h2-4,9H,5-8H2,1H3,(H,16,17)/b10-9+. The first-order valence-corrected chi connectivity index (χ1v) is 5.88. The highest BCUT2D eigenvalue weighted by molar-refractivity contribution is 5.92. The van der Waals surface area contributed by atoms with Gasteiger partial charge in [-0.15, -0.1) is 0 Å². The van der Waals surface area contributed by atoms with Crippen LogP contribution in [-0.4, -0.2) is 42.4 Å². The number of ether oxygens (including phenoxy) is 1. The van der Waals surface area contributed by atoms with E-state index in [2.05, 4.69) is 9.88 Å². The van der Waals surface area contributed by atoms with Gasteiger partial charge < -0.3 is 14.7 Å². The van der Waals surface area contributed by atoms with Crippen molar-refractivity contribution in [3.8, 4) is 0 Å². The van der Waals surface area contributed by atoms with Crippen LogP contribution in [-0.2, 0) is 9.53 Å². The summed E-state index contributed by atoms with van der Waals surface area (Å²) < 4.78 is 5.30. The second kappa shape index (κ2) is 5.64. The van der Waals surface area contributed by atoms with E-state index in [4.69, 9.17) is 9.84 Å². The highest BCUT2D eigenvalue weighted by Crippen LogP contribution is 2.21. The zero-order valence-corrected chi connectivity index (χ0v) is 10.3. The average molecular weight is 248 g/mol. The van der Waals surface area contributed by atoms with E-state index in [9.17, 15) is 4.79 Å². The zero-order valence-electron chi connectivity index (χ0n) is 10.3. The number of carbonyl (C=O) groups is 1. The summed E-state index contributed by atoms with van der Waals surface area (Å²) in [7, 11) is 0. The van der Waals surface area contributed by atoms with Gasteiger partial charge in [0.05, 0.1) is 13.2 Å². The second-order valence-electron chi connectivity index (χ2n) is 4.15. The lowest BCUT2D eigenvalue weighted by Gasteiger charge is -2.28. The highest BCUT2D eigenvalue weighted by Gasteiger charge is 2.15. The largest absolute Gasteiger partial charge is 0.478 e. The third-order valence-electron chi connectivity index (χ3n) is 2.84. The smallest absolute Gasteiger partial charge is 0.331 e. The predicted octanol–water partition coefficient (Wildman–Crippen LogP) is 1.41. The lowest BCUT2D eigenvalue weighted by atomic mass is 10.1. The van der Waals surface area contributed by atoms with Crippen molar-refractivity contribution < 1.29 is 14.6 Å². The fourth-order valence-corrected chi connectivity index (χ4v) is 1.86. The number of aliphatic carboxylic acids is 1. The van der Waals surface area contributed by atoms with Crippen LogP contribution in [0.5, 0.6) is 0 Å². The molecule has 0 amide bonds. The van der Waals surface area contributed by atoms with Crippen LogP contribution in [0.1, 0.15) is 12.5 Å². The first-order chi connectivity index (χ1) is 8.68. The van der Waals surface area contributed by atoms with Crippen molar-refractivity contribution in [2.75, 3.05) is 31.2 Å². The maximum atomic E-state index is 10.9. The van der Waals surface area contributed by atoms with Crippen LogP contribution in [0.2, 0.25) is 0 Å². The molecule has 0 aromatic carbocycles. The van der Waals surface area contributed by atoms with Gasteiger partial charge in [0, 0.05) is 30.4 Å². The van der Waals surface area contributed by atoms with E-state index in [-0.39, 0.29) is 0 Å². The summed E-state index contributed by atoms with van der Waals surface area (Å²) >= 11 is 0. The van der Waals surface area contributed by atoms with Crippen LogP contribution in [0.4, 0.5) is 5.82 Å². The van der Waals surface area contributed by atoms with E-state index in [1.165, 1.54) is 0 Å².